The van der Waals surface area contributed by atoms with E-state index in [1.54, 1.807) is 0 Å². The lowest BCUT2D eigenvalue weighted by Gasteiger charge is -2.13. The Hall–Kier alpha value is -1.48. The molecule has 0 radical (unpaired) electrons. The molecule has 1 aromatic rings. The monoisotopic (exact) mass is 277 g/mol. The molecule has 0 heterocycles. The molecule has 0 aliphatic carbocycles. The number of benzene rings is 1. The number of rotatable bonds is 11. The van der Waals surface area contributed by atoms with Gasteiger partial charge in [0.2, 0.25) is 0 Å². The molecule has 20 heavy (non-hydrogen) atoms. The van der Waals surface area contributed by atoms with E-state index < -0.39 is 0 Å². The summed E-state index contributed by atoms with van der Waals surface area (Å²) in [4.78, 5) is 0. The molecular formula is C17H27NO2. The number of hydrogen-bond acceptors (Lipinski definition) is 3. The largest absolute Gasteiger partial charge is 0.494 e. The van der Waals surface area contributed by atoms with Gasteiger partial charge >= 0.3 is 0 Å². The summed E-state index contributed by atoms with van der Waals surface area (Å²) in [7, 11) is 0. The lowest BCUT2D eigenvalue weighted by atomic mass is 10.1. The molecule has 3 heteroatoms. The summed E-state index contributed by atoms with van der Waals surface area (Å²) < 4.78 is 11.4. The summed E-state index contributed by atoms with van der Waals surface area (Å²) in [6, 6.07) is 5.97. The second-order valence-corrected chi connectivity index (χ2v) is 4.65. The van der Waals surface area contributed by atoms with Crippen molar-refractivity contribution in [1.82, 2.24) is 5.32 Å². The summed E-state index contributed by atoms with van der Waals surface area (Å²) in [5.74, 6) is 1.81. The molecule has 0 amide bonds. The fourth-order valence-corrected chi connectivity index (χ4v) is 1.93. The van der Waals surface area contributed by atoms with Crippen LogP contribution in [0, 0.1) is 0 Å². The van der Waals surface area contributed by atoms with Crippen LogP contribution in [-0.4, -0.2) is 26.3 Å². The third kappa shape index (κ3) is 6.11. The smallest absolute Gasteiger partial charge is 0.123 e. The zero-order chi connectivity index (χ0) is 14.6. The number of hydrogen-bond donors (Lipinski definition) is 1. The van der Waals surface area contributed by atoms with Gasteiger partial charge in [-0.2, -0.15) is 0 Å². The molecule has 0 aromatic heterocycles. The highest BCUT2D eigenvalue weighted by Gasteiger charge is 2.04. The molecule has 1 rings (SSSR count). The second kappa shape index (κ2) is 10.3. The maximum Gasteiger partial charge on any atom is 0.123 e. The van der Waals surface area contributed by atoms with Gasteiger partial charge < -0.3 is 14.8 Å². The average Bonchev–Trinajstić information content (AvgIpc) is 2.45. The van der Waals surface area contributed by atoms with Crippen LogP contribution in [0.5, 0.6) is 11.5 Å². The molecule has 3 nitrogen and oxygen atoms in total. The van der Waals surface area contributed by atoms with E-state index in [1.807, 2.05) is 31.2 Å². The number of nitrogens with one attached hydrogen (secondary N) is 1. The number of allylic oxidation sites excluding steroid dienone is 1. The van der Waals surface area contributed by atoms with Crippen LogP contribution in [0.4, 0.5) is 0 Å². The van der Waals surface area contributed by atoms with Crippen LogP contribution in [0.25, 0.3) is 0 Å². The number of ether oxygens (including phenoxy) is 2. The van der Waals surface area contributed by atoms with E-state index in [0.29, 0.717) is 13.2 Å². The minimum atomic E-state index is 0.676. The van der Waals surface area contributed by atoms with Gasteiger partial charge in [0.15, 0.2) is 0 Å². The predicted octanol–water partition coefficient (Wildman–Crippen LogP) is 3.58. The van der Waals surface area contributed by atoms with Crippen LogP contribution < -0.4 is 14.8 Å². The van der Waals surface area contributed by atoms with Crippen molar-refractivity contribution in [2.24, 2.45) is 0 Å². The Labute approximate surface area is 123 Å². The molecule has 0 saturated heterocycles. The lowest BCUT2D eigenvalue weighted by Crippen LogP contribution is -2.22. The summed E-state index contributed by atoms with van der Waals surface area (Å²) >= 11 is 0. The molecule has 0 aliphatic rings. The quantitative estimate of drug-likeness (QED) is 0.495. The van der Waals surface area contributed by atoms with E-state index in [2.05, 4.69) is 18.8 Å². The van der Waals surface area contributed by atoms with Crippen molar-refractivity contribution in [2.45, 2.75) is 33.1 Å². The first-order valence-corrected chi connectivity index (χ1v) is 7.52. The van der Waals surface area contributed by atoms with Crippen molar-refractivity contribution in [3.8, 4) is 11.5 Å². The average molecular weight is 277 g/mol. The van der Waals surface area contributed by atoms with Crippen molar-refractivity contribution in [3.63, 3.8) is 0 Å². The first kappa shape index (κ1) is 16.6. The van der Waals surface area contributed by atoms with Gasteiger partial charge in [-0.05, 0) is 44.5 Å². The third-order valence-corrected chi connectivity index (χ3v) is 2.95. The molecule has 0 saturated carbocycles. The molecule has 1 aromatic carbocycles. The van der Waals surface area contributed by atoms with E-state index >= 15 is 0 Å². The van der Waals surface area contributed by atoms with Gasteiger partial charge in [-0.25, -0.2) is 0 Å². The van der Waals surface area contributed by atoms with Gasteiger partial charge in [0.1, 0.15) is 18.1 Å². The Morgan fingerprint density at radius 2 is 2.05 bits per heavy atom. The maximum atomic E-state index is 5.84. The first-order chi connectivity index (χ1) is 9.81. The third-order valence-electron chi connectivity index (χ3n) is 2.95. The Balaban J connectivity index is 2.48. The topological polar surface area (TPSA) is 30.5 Å². The summed E-state index contributed by atoms with van der Waals surface area (Å²) in [5.41, 5.74) is 1.12. The Morgan fingerprint density at radius 3 is 2.75 bits per heavy atom. The van der Waals surface area contributed by atoms with Gasteiger partial charge in [0, 0.05) is 12.1 Å². The standard InChI is InChI=1S/C17H27NO2/c1-4-7-11-18-12-13-20-17-10-9-16(19-6-3)14-15(17)8-5-2/h5,9-10,14,18H,2,4,6-8,11-13H2,1,3H3. The van der Waals surface area contributed by atoms with Gasteiger partial charge in [0.05, 0.1) is 6.61 Å². The minimum absolute atomic E-state index is 0.676. The normalized spacial score (nSPS) is 10.3. The SMILES string of the molecule is C=CCc1cc(OCC)ccc1OCCNCCCC. The van der Waals surface area contributed by atoms with Gasteiger partial charge in [0.25, 0.3) is 0 Å². The molecule has 0 spiro atoms. The maximum absolute atomic E-state index is 5.84. The summed E-state index contributed by atoms with van der Waals surface area (Å²) in [6.07, 6.45) is 5.11. The molecule has 0 fully saturated rings. The van der Waals surface area contributed by atoms with Crippen LogP contribution in [-0.2, 0) is 6.42 Å². The highest BCUT2D eigenvalue weighted by atomic mass is 16.5. The number of unbranched alkanes of at least 4 members (excludes halogenated alkanes) is 1. The Kier molecular flexibility index (Phi) is 8.56. The van der Waals surface area contributed by atoms with Gasteiger partial charge in [-0.15, -0.1) is 6.58 Å². The van der Waals surface area contributed by atoms with Crippen molar-refractivity contribution in [1.29, 1.82) is 0 Å². The van der Waals surface area contributed by atoms with Crippen LogP contribution in [0.15, 0.2) is 30.9 Å². The highest BCUT2D eigenvalue weighted by Crippen LogP contribution is 2.25. The van der Waals surface area contributed by atoms with Crippen LogP contribution in [0.2, 0.25) is 0 Å². The van der Waals surface area contributed by atoms with Crippen molar-refractivity contribution >= 4 is 0 Å². The van der Waals surface area contributed by atoms with E-state index in [4.69, 9.17) is 9.47 Å². The summed E-state index contributed by atoms with van der Waals surface area (Å²) in [6.45, 7) is 11.3. The summed E-state index contributed by atoms with van der Waals surface area (Å²) in [5, 5.41) is 3.37. The van der Waals surface area contributed by atoms with E-state index in [-0.39, 0.29) is 0 Å². The molecule has 0 atom stereocenters. The van der Waals surface area contributed by atoms with Crippen LogP contribution in [0.3, 0.4) is 0 Å². The lowest BCUT2D eigenvalue weighted by molar-refractivity contribution is 0.308. The van der Waals surface area contributed by atoms with Crippen molar-refractivity contribution in [2.75, 3.05) is 26.3 Å². The highest BCUT2D eigenvalue weighted by molar-refractivity contribution is 5.41. The molecule has 0 bridgehead atoms. The molecule has 0 unspecified atom stereocenters. The van der Waals surface area contributed by atoms with Gasteiger partial charge in [-0.1, -0.05) is 19.4 Å². The van der Waals surface area contributed by atoms with Crippen LogP contribution >= 0.6 is 0 Å². The molecule has 112 valence electrons. The predicted molar refractivity (Wildman–Crippen MR) is 84.8 cm³/mol. The van der Waals surface area contributed by atoms with E-state index in [9.17, 15) is 0 Å². The zero-order valence-electron chi connectivity index (χ0n) is 12.8. The Morgan fingerprint density at radius 1 is 1.20 bits per heavy atom. The minimum Gasteiger partial charge on any atom is -0.494 e. The van der Waals surface area contributed by atoms with E-state index in [0.717, 1.165) is 36.6 Å². The second-order valence-electron chi connectivity index (χ2n) is 4.65. The molecule has 0 aliphatic heterocycles. The fraction of sp³-hybridized carbons (Fsp3) is 0.529. The first-order valence-electron chi connectivity index (χ1n) is 7.52. The van der Waals surface area contributed by atoms with E-state index in [1.165, 1.54) is 12.8 Å². The van der Waals surface area contributed by atoms with Crippen molar-refractivity contribution in [3.05, 3.63) is 36.4 Å². The molecule has 1 N–H and O–H groups in total. The van der Waals surface area contributed by atoms with Gasteiger partial charge in [-0.3, -0.25) is 0 Å². The van der Waals surface area contributed by atoms with Crippen LogP contribution in [0.1, 0.15) is 32.3 Å². The zero-order valence-corrected chi connectivity index (χ0v) is 12.8. The molecular weight excluding hydrogens is 250 g/mol. The van der Waals surface area contributed by atoms with Crippen molar-refractivity contribution < 1.29 is 9.47 Å². The fourth-order valence-electron chi connectivity index (χ4n) is 1.93. The Bertz CT molecular complexity index is 391.